The van der Waals surface area contributed by atoms with Gasteiger partial charge in [-0.05, 0) is 34.3 Å². The maximum Gasteiger partial charge on any atom is 0.166 e. The fourth-order valence-corrected chi connectivity index (χ4v) is 2.30. The molecule has 1 atom stereocenters. The molecule has 0 spiro atoms. The third-order valence-corrected chi connectivity index (χ3v) is 3.38. The third-order valence-electron chi connectivity index (χ3n) is 2.95. The van der Waals surface area contributed by atoms with Gasteiger partial charge in [-0.15, -0.1) is 0 Å². The van der Waals surface area contributed by atoms with Gasteiger partial charge < -0.3 is 4.90 Å². The van der Waals surface area contributed by atoms with E-state index in [9.17, 15) is 4.39 Å². The minimum atomic E-state index is -0.235. The minimum Gasteiger partial charge on any atom is -0.354 e. The highest BCUT2D eigenvalue weighted by Crippen LogP contribution is 2.27. The Morgan fingerprint density at radius 1 is 1.67 bits per heavy atom. The molecule has 0 bridgehead atoms. The number of hydrogen-bond donors (Lipinski definition) is 0. The normalized spacial score (nSPS) is 21.0. The van der Waals surface area contributed by atoms with Gasteiger partial charge in [0, 0.05) is 23.8 Å². The summed E-state index contributed by atoms with van der Waals surface area (Å²) in [7, 11) is 0. The topological polar surface area (TPSA) is 16.1 Å². The summed E-state index contributed by atoms with van der Waals surface area (Å²) in [4.78, 5) is 6.17. The summed E-state index contributed by atoms with van der Waals surface area (Å²) in [6.45, 7) is 4.03. The zero-order valence-corrected chi connectivity index (χ0v) is 10.3. The van der Waals surface area contributed by atoms with E-state index in [-0.39, 0.29) is 5.82 Å². The minimum absolute atomic E-state index is 0.235. The summed E-state index contributed by atoms with van der Waals surface area (Å²) in [6, 6.07) is 1.47. The van der Waals surface area contributed by atoms with Crippen molar-refractivity contribution in [2.45, 2.75) is 19.8 Å². The van der Waals surface area contributed by atoms with E-state index in [2.05, 4.69) is 27.8 Å². The Balaban J connectivity index is 2.17. The molecule has 1 aliphatic rings. The van der Waals surface area contributed by atoms with E-state index in [0.717, 1.165) is 25.9 Å². The first-order valence-corrected chi connectivity index (χ1v) is 6.06. The number of aromatic nitrogens is 1. The molecule has 2 rings (SSSR count). The van der Waals surface area contributed by atoms with Gasteiger partial charge in [-0.3, -0.25) is 0 Å². The van der Waals surface area contributed by atoms with E-state index in [0.29, 0.717) is 16.2 Å². The Morgan fingerprint density at radius 2 is 2.47 bits per heavy atom. The Bertz CT molecular complexity index is 356. The molecule has 0 amide bonds. The van der Waals surface area contributed by atoms with Crippen LogP contribution in [0.3, 0.4) is 0 Å². The molecule has 1 aromatic rings. The molecule has 1 aliphatic heterocycles. The lowest BCUT2D eigenvalue weighted by Crippen LogP contribution is -2.21. The van der Waals surface area contributed by atoms with E-state index in [4.69, 9.17) is 0 Å². The van der Waals surface area contributed by atoms with Gasteiger partial charge in [-0.2, -0.15) is 0 Å². The van der Waals surface area contributed by atoms with E-state index < -0.39 is 0 Å². The molecule has 0 aromatic carbocycles. The van der Waals surface area contributed by atoms with Crippen LogP contribution in [-0.2, 0) is 0 Å². The van der Waals surface area contributed by atoms with Gasteiger partial charge in [0.25, 0.3) is 0 Å². The number of hydrogen-bond acceptors (Lipinski definition) is 2. The van der Waals surface area contributed by atoms with Crippen molar-refractivity contribution in [3.63, 3.8) is 0 Å². The zero-order valence-electron chi connectivity index (χ0n) is 8.71. The molecule has 1 fully saturated rings. The summed E-state index contributed by atoms with van der Waals surface area (Å²) in [6.07, 6.45) is 3.96. The lowest BCUT2D eigenvalue weighted by Gasteiger charge is -2.17. The van der Waals surface area contributed by atoms with E-state index in [1.54, 1.807) is 6.20 Å². The van der Waals surface area contributed by atoms with Crippen LogP contribution < -0.4 is 4.90 Å². The van der Waals surface area contributed by atoms with E-state index >= 15 is 0 Å². The molecule has 82 valence electrons. The zero-order chi connectivity index (χ0) is 10.8. The lowest BCUT2D eigenvalue weighted by molar-refractivity contribution is 0.565. The quantitative estimate of drug-likeness (QED) is 0.822. The van der Waals surface area contributed by atoms with Crippen LogP contribution in [0.5, 0.6) is 0 Å². The van der Waals surface area contributed by atoms with Gasteiger partial charge >= 0.3 is 0 Å². The first kappa shape index (κ1) is 10.9. The van der Waals surface area contributed by atoms with Crippen molar-refractivity contribution in [1.82, 2.24) is 4.98 Å². The number of anilines is 1. The molecule has 0 radical (unpaired) electrons. The second-order valence-electron chi connectivity index (χ2n) is 3.97. The van der Waals surface area contributed by atoms with Crippen molar-refractivity contribution >= 4 is 21.7 Å². The number of rotatable bonds is 2. The monoisotopic (exact) mass is 272 g/mol. The van der Waals surface area contributed by atoms with Crippen molar-refractivity contribution in [3.8, 4) is 0 Å². The van der Waals surface area contributed by atoms with Gasteiger partial charge in [0.1, 0.15) is 0 Å². The molecule has 0 saturated carbocycles. The second kappa shape index (κ2) is 4.47. The van der Waals surface area contributed by atoms with Crippen LogP contribution in [0.25, 0.3) is 0 Å². The van der Waals surface area contributed by atoms with Crippen LogP contribution in [0.4, 0.5) is 10.2 Å². The van der Waals surface area contributed by atoms with Crippen molar-refractivity contribution < 1.29 is 4.39 Å². The highest BCUT2D eigenvalue weighted by atomic mass is 79.9. The molecule has 4 heteroatoms. The highest BCUT2D eigenvalue weighted by molar-refractivity contribution is 9.10. The summed E-state index contributed by atoms with van der Waals surface area (Å²) < 4.78 is 14.3. The van der Waals surface area contributed by atoms with Gasteiger partial charge in [0.2, 0.25) is 0 Å². The molecule has 1 aromatic heterocycles. The van der Waals surface area contributed by atoms with Crippen LogP contribution >= 0.6 is 15.9 Å². The SMILES string of the molecule is CCC1CCN(c2ncc(Br)cc2F)C1. The molecular formula is C11H14BrFN2. The maximum absolute atomic E-state index is 13.6. The van der Waals surface area contributed by atoms with Crippen molar-refractivity contribution in [2.24, 2.45) is 5.92 Å². The van der Waals surface area contributed by atoms with E-state index in [1.807, 2.05) is 4.90 Å². The summed E-state index contributed by atoms with van der Waals surface area (Å²) in [5.41, 5.74) is 0. The van der Waals surface area contributed by atoms with Crippen molar-refractivity contribution in [2.75, 3.05) is 18.0 Å². The maximum atomic E-state index is 13.6. The van der Waals surface area contributed by atoms with Gasteiger partial charge in [0.15, 0.2) is 11.6 Å². The first-order chi connectivity index (χ1) is 7.20. The average Bonchev–Trinajstić information content (AvgIpc) is 2.66. The standard InChI is InChI=1S/C11H14BrFN2/c1-2-8-3-4-15(7-8)11-10(13)5-9(12)6-14-11/h5-6,8H,2-4,7H2,1H3. The van der Waals surface area contributed by atoms with Crippen LogP contribution in [0.1, 0.15) is 19.8 Å². The average molecular weight is 273 g/mol. The fraction of sp³-hybridized carbons (Fsp3) is 0.545. The molecule has 1 saturated heterocycles. The van der Waals surface area contributed by atoms with Crippen molar-refractivity contribution in [3.05, 3.63) is 22.6 Å². The molecule has 0 N–H and O–H groups in total. The number of pyridine rings is 1. The van der Waals surface area contributed by atoms with Crippen LogP contribution in [0.2, 0.25) is 0 Å². The Morgan fingerprint density at radius 3 is 3.07 bits per heavy atom. The predicted octanol–water partition coefficient (Wildman–Crippen LogP) is 3.22. The van der Waals surface area contributed by atoms with Crippen molar-refractivity contribution in [1.29, 1.82) is 0 Å². The van der Waals surface area contributed by atoms with Crippen LogP contribution in [0, 0.1) is 11.7 Å². The molecule has 15 heavy (non-hydrogen) atoms. The molecule has 0 aliphatic carbocycles. The number of halogens is 2. The highest BCUT2D eigenvalue weighted by Gasteiger charge is 2.24. The summed E-state index contributed by atoms with van der Waals surface area (Å²) in [5, 5.41) is 0. The predicted molar refractivity (Wildman–Crippen MR) is 62.5 cm³/mol. The van der Waals surface area contributed by atoms with Crippen LogP contribution in [-0.4, -0.2) is 18.1 Å². The van der Waals surface area contributed by atoms with Gasteiger partial charge in [-0.25, -0.2) is 9.37 Å². The first-order valence-electron chi connectivity index (χ1n) is 5.26. The van der Waals surface area contributed by atoms with Gasteiger partial charge in [0.05, 0.1) is 0 Å². The third kappa shape index (κ3) is 2.30. The molecule has 2 nitrogen and oxygen atoms in total. The second-order valence-corrected chi connectivity index (χ2v) is 4.88. The summed E-state index contributed by atoms with van der Waals surface area (Å²) in [5.74, 6) is 0.949. The summed E-state index contributed by atoms with van der Waals surface area (Å²) >= 11 is 3.21. The van der Waals surface area contributed by atoms with Gasteiger partial charge in [-0.1, -0.05) is 13.3 Å². The molecule has 2 heterocycles. The fourth-order valence-electron chi connectivity index (χ4n) is 2.00. The Hall–Kier alpha value is -0.640. The van der Waals surface area contributed by atoms with E-state index in [1.165, 1.54) is 6.07 Å². The lowest BCUT2D eigenvalue weighted by atomic mass is 10.1. The largest absolute Gasteiger partial charge is 0.354 e. The molecular weight excluding hydrogens is 259 g/mol. The molecule has 1 unspecified atom stereocenters. The van der Waals surface area contributed by atoms with Crippen LogP contribution in [0.15, 0.2) is 16.7 Å². The smallest absolute Gasteiger partial charge is 0.166 e. The Kier molecular flexibility index (Phi) is 3.24. The number of nitrogens with zero attached hydrogens (tertiary/aromatic N) is 2. The Labute approximate surface area is 97.6 Å².